The number of Topliss-reactive ketones (excluding diaryl/α,β-unsaturated/α-hetero) is 1. The zero-order valence-corrected chi connectivity index (χ0v) is 35.4. The summed E-state index contributed by atoms with van der Waals surface area (Å²) in [7, 11) is 3.02. The number of carbonyl (C=O) groups is 6. The van der Waals surface area contributed by atoms with Gasteiger partial charge >= 0.3 is 5.97 Å². The number of amides is 4. The number of aliphatic hydroxyl groups excluding tert-OH is 2. The molecule has 1 aromatic rings. The summed E-state index contributed by atoms with van der Waals surface area (Å²) in [6.07, 6.45) is 6.28. The molecule has 0 radical (unpaired) electrons. The number of fused-ring (bicyclic) bond motifs is 2. The van der Waals surface area contributed by atoms with Gasteiger partial charge in [0.2, 0.25) is 17.7 Å². The number of aliphatic hydroxyl groups is 2. The molecule has 2 aliphatic rings. The third kappa shape index (κ3) is 14.9. The Morgan fingerprint density at radius 1 is 1.08 bits per heavy atom. The molecule has 6 N–H and O–H groups in total. The minimum absolute atomic E-state index is 0.0155. The summed E-state index contributed by atoms with van der Waals surface area (Å²) in [4.78, 5) is 80.1. The van der Waals surface area contributed by atoms with Crippen LogP contribution in [0.5, 0.6) is 5.75 Å². The number of nitrogens with one attached hydrogen (secondary N) is 4. The van der Waals surface area contributed by atoms with E-state index in [0.717, 1.165) is 0 Å². The zero-order valence-electron chi connectivity index (χ0n) is 35.4. The lowest BCUT2D eigenvalue weighted by atomic mass is 9.82. The lowest BCUT2D eigenvalue weighted by molar-refractivity contribution is -0.156. The fraction of sp³-hybridized carbons (Fsp3) is 0.545. The van der Waals surface area contributed by atoms with Crippen LogP contribution >= 0.6 is 0 Å². The molecule has 59 heavy (non-hydrogen) atoms. The number of methoxy groups -OCH3 is 1. The molecule has 1 saturated heterocycles. The third-order valence-electron chi connectivity index (χ3n) is 10.7. The normalized spacial score (nSPS) is 28.4. The van der Waals surface area contributed by atoms with Gasteiger partial charge in [-0.3, -0.25) is 29.0 Å². The van der Waals surface area contributed by atoms with Crippen LogP contribution in [0.2, 0.25) is 0 Å². The maximum Gasteiger partial charge on any atom is 0.325 e. The molecule has 0 spiro atoms. The van der Waals surface area contributed by atoms with Crippen molar-refractivity contribution >= 4 is 35.4 Å². The van der Waals surface area contributed by atoms with E-state index in [0.29, 0.717) is 29.7 Å². The molecule has 324 valence electrons. The van der Waals surface area contributed by atoms with Crippen LogP contribution in [0.25, 0.3) is 0 Å². The van der Waals surface area contributed by atoms with Crippen LogP contribution in [0.1, 0.15) is 78.7 Å². The Morgan fingerprint density at radius 3 is 2.47 bits per heavy atom. The van der Waals surface area contributed by atoms with E-state index in [2.05, 4.69) is 28.0 Å². The van der Waals surface area contributed by atoms with Crippen LogP contribution in [-0.2, 0) is 39.9 Å². The first-order chi connectivity index (χ1) is 27.9. The van der Waals surface area contributed by atoms with E-state index in [1.807, 2.05) is 19.1 Å². The molecule has 9 atom stereocenters. The van der Waals surface area contributed by atoms with E-state index in [4.69, 9.17) is 9.47 Å². The second kappa shape index (κ2) is 23.5. The molecule has 2 heterocycles. The number of ether oxygens (including phenoxy) is 2. The SMILES string of the molecule is C=C(C)C1NC(=O)C(CCC(C)=O)C(O)C(C)C(O)CC(C)C=CCC(C(C)=CC=CC(=O)NC)OC(=O)C2CCCN(N2)C(=O)C(Cc2cccc(OC)c2)NC1=O. The van der Waals surface area contributed by atoms with Crippen molar-refractivity contribution in [3.8, 4) is 5.75 Å². The van der Waals surface area contributed by atoms with Crippen molar-refractivity contribution in [3.05, 3.63) is 77.9 Å². The zero-order chi connectivity index (χ0) is 43.8. The number of cyclic esters (lactones) is 1. The molecule has 4 amide bonds. The highest BCUT2D eigenvalue weighted by molar-refractivity contribution is 5.94. The number of hydrazine groups is 1. The van der Waals surface area contributed by atoms with Crippen molar-refractivity contribution in [2.45, 2.75) is 116 Å². The largest absolute Gasteiger partial charge is 0.497 e. The van der Waals surface area contributed by atoms with Gasteiger partial charge in [-0.2, -0.15) is 0 Å². The number of likely N-dealkylation sites (N-methyl/N-ethyl adjacent to an activating group) is 1. The highest BCUT2D eigenvalue weighted by atomic mass is 16.5. The van der Waals surface area contributed by atoms with Crippen LogP contribution < -0.4 is 26.1 Å². The van der Waals surface area contributed by atoms with Gasteiger partial charge in [0.1, 0.15) is 35.8 Å². The van der Waals surface area contributed by atoms with Gasteiger partial charge in [-0.15, -0.1) is 0 Å². The quantitative estimate of drug-likeness (QED) is 0.0875. The molecule has 3 rings (SSSR count). The summed E-state index contributed by atoms with van der Waals surface area (Å²) in [5, 5.41) is 32.2. The van der Waals surface area contributed by atoms with Gasteiger partial charge < -0.3 is 40.4 Å². The first kappa shape index (κ1) is 48.3. The highest BCUT2D eigenvalue weighted by Crippen LogP contribution is 2.26. The Balaban J connectivity index is 2.09. The highest BCUT2D eigenvalue weighted by Gasteiger charge is 2.38. The summed E-state index contributed by atoms with van der Waals surface area (Å²) >= 11 is 0. The van der Waals surface area contributed by atoms with Gasteiger partial charge in [-0.25, -0.2) is 5.43 Å². The Bertz CT molecular complexity index is 1760. The number of allylic oxidation sites excluding steroid dienone is 3. The number of carbonyl (C=O) groups excluding carboxylic acids is 6. The summed E-state index contributed by atoms with van der Waals surface area (Å²) < 4.78 is 11.4. The molecule has 0 aliphatic carbocycles. The molecule has 0 saturated carbocycles. The number of hydrogen-bond donors (Lipinski definition) is 6. The Hall–Kier alpha value is -5.12. The first-order valence-electron chi connectivity index (χ1n) is 20.2. The average molecular weight is 822 g/mol. The average Bonchev–Trinajstić information content (AvgIpc) is 3.20. The Morgan fingerprint density at radius 2 is 1.81 bits per heavy atom. The third-order valence-corrected chi connectivity index (χ3v) is 10.7. The Labute approximate surface area is 347 Å². The maximum atomic E-state index is 14.4. The summed E-state index contributed by atoms with van der Waals surface area (Å²) in [6.45, 7) is 12.3. The van der Waals surface area contributed by atoms with E-state index in [9.17, 15) is 39.0 Å². The number of esters is 1. The van der Waals surface area contributed by atoms with Crippen molar-refractivity contribution in [3.63, 3.8) is 0 Å². The first-order valence-corrected chi connectivity index (χ1v) is 20.2. The fourth-order valence-electron chi connectivity index (χ4n) is 7.00. The molecule has 2 bridgehead atoms. The molecule has 1 aromatic carbocycles. The van der Waals surface area contributed by atoms with E-state index in [1.54, 1.807) is 57.2 Å². The number of benzene rings is 1. The topological polar surface area (TPSA) is 213 Å². The van der Waals surface area contributed by atoms with Crippen molar-refractivity contribution in [2.75, 3.05) is 20.7 Å². The monoisotopic (exact) mass is 821 g/mol. The molecular formula is C44H63N5O10. The standard InChI is InChI=1S/C44H63N5O10/c1-26(2)39-42(55)46-35(25-31-15-11-16-32(24-31)58-8)43(56)49-22-12-17-34(48-49)44(57)59-37(28(4)14-10-19-38(52)45-7)18-9-13-27(3)23-36(51)30(6)40(53)33(41(54)47-39)21-20-29(5)50/h9-11,13-16,19,24,27,30,33-37,39-40,48,51,53H,1,12,17-18,20-23,25H2,2-8H3,(H,45,52)(H,46,55)(H,47,54). The second-order valence-electron chi connectivity index (χ2n) is 15.7. The van der Waals surface area contributed by atoms with Crippen molar-refractivity contribution < 1.29 is 48.5 Å². The lowest BCUT2D eigenvalue weighted by Gasteiger charge is -2.36. The van der Waals surface area contributed by atoms with Crippen LogP contribution in [0.15, 0.2) is 72.4 Å². The fourth-order valence-corrected chi connectivity index (χ4v) is 7.00. The van der Waals surface area contributed by atoms with Crippen molar-refractivity contribution in [1.82, 2.24) is 26.4 Å². The van der Waals surface area contributed by atoms with Gasteiger partial charge in [-0.1, -0.05) is 56.9 Å². The number of hydrogen-bond acceptors (Lipinski definition) is 11. The number of nitrogens with zero attached hydrogens (tertiary/aromatic N) is 1. The summed E-state index contributed by atoms with van der Waals surface area (Å²) in [5.74, 6) is -4.79. The summed E-state index contributed by atoms with van der Waals surface area (Å²) in [5.41, 5.74) is 4.57. The number of ketones is 1. The van der Waals surface area contributed by atoms with Crippen molar-refractivity contribution in [2.24, 2.45) is 17.8 Å². The predicted molar refractivity (Wildman–Crippen MR) is 222 cm³/mol. The smallest absolute Gasteiger partial charge is 0.325 e. The van der Waals surface area contributed by atoms with Gasteiger partial charge in [0, 0.05) is 44.8 Å². The van der Waals surface area contributed by atoms with Gasteiger partial charge in [0.15, 0.2) is 0 Å². The minimum atomic E-state index is -1.40. The summed E-state index contributed by atoms with van der Waals surface area (Å²) in [6, 6.07) is 3.56. The minimum Gasteiger partial charge on any atom is -0.497 e. The van der Waals surface area contributed by atoms with Gasteiger partial charge in [-0.05, 0) is 81.2 Å². The molecule has 9 unspecified atom stereocenters. The van der Waals surface area contributed by atoms with Crippen LogP contribution in [0.4, 0.5) is 0 Å². The maximum absolute atomic E-state index is 14.4. The molecule has 15 nitrogen and oxygen atoms in total. The second-order valence-corrected chi connectivity index (χ2v) is 15.7. The van der Waals surface area contributed by atoms with Crippen molar-refractivity contribution in [1.29, 1.82) is 0 Å². The van der Waals surface area contributed by atoms with Crippen LogP contribution in [0, 0.1) is 17.8 Å². The Kier molecular flexibility index (Phi) is 19.2. The lowest BCUT2D eigenvalue weighted by Crippen LogP contribution is -2.62. The van der Waals surface area contributed by atoms with E-state index in [1.165, 1.54) is 32.2 Å². The molecular weight excluding hydrogens is 759 g/mol. The number of rotatable bonds is 10. The predicted octanol–water partition coefficient (Wildman–Crippen LogP) is 2.77. The van der Waals surface area contributed by atoms with E-state index in [-0.39, 0.29) is 61.8 Å². The van der Waals surface area contributed by atoms with Crippen LogP contribution in [0.3, 0.4) is 0 Å². The van der Waals surface area contributed by atoms with Crippen LogP contribution in [-0.4, -0.2) is 108 Å². The molecule has 15 heteroatoms. The van der Waals surface area contributed by atoms with E-state index >= 15 is 0 Å². The molecule has 0 aromatic heterocycles. The molecule has 2 aliphatic heterocycles. The van der Waals surface area contributed by atoms with Gasteiger partial charge in [0.25, 0.3) is 5.91 Å². The van der Waals surface area contributed by atoms with Gasteiger partial charge in [0.05, 0.1) is 25.2 Å². The van der Waals surface area contributed by atoms with E-state index < -0.39 is 72.0 Å². The molecule has 1 fully saturated rings.